The monoisotopic (exact) mass is 326 g/mol. The van der Waals surface area contributed by atoms with Gasteiger partial charge in [-0.1, -0.05) is 15.9 Å². The normalized spacial score (nSPS) is 26.1. The molecule has 2 aliphatic rings. The van der Waals surface area contributed by atoms with Crippen LogP contribution in [0.25, 0.3) is 0 Å². The molecular formula is C14H16BrFN2O. The Morgan fingerprint density at radius 1 is 1.32 bits per heavy atom. The minimum atomic E-state index is -0.153. The van der Waals surface area contributed by atoms with Crippen molar-refractivity contribution in [1.29, 1.82) is 0 Å². The lowest BCUT2D eigenvalue weighted by Crippen LogP contribution is -2.49. The molecule has 5 heteroatoms. The molecule has 19 heavy (non-hydrogen) atoms. The second kappa shape index (κ2) is 5.21. The third kappa shape index (κ3) is 2.41. The molecular weight excluding hydrogens is 311 g/mol. The number of carbonyl (C=O) groups excluding carboxylic acids is 1. The van der Waals surface area contributed by atoms with Crippen molar-refractivity contribution in [3.8, 4) is 0 Å². The van der Waals surface area contributed by atoms with E-state index in [4.69, 9.17) is 0 Å². The average molecular weight is 327 g/mol. The van der Waals surface area contributed by atoms with E-state index in [1.165, 1.54) is 6.07 Å². The first-order chi connectivity index (χ1) is 9.16. The van der Waals surface area contributed by atoms with Crippen molar-refractivity contribution in [2.45, 2.75) is 37.8 Å². The summed E-state index contributed by atoms with van der Waals surface area (Å²) >= 11 is 3.49. The zero-order chi connectivity index (χ0) is 13.4. The standard InChI is InChI=1S/C14H16BrFN2O/c15-9-4-5-10(16)8-3-6-11(13(8)9)18-12-2-1-7-17-14(12)19/h4-5,11-12,18H,1-3,6-7H2,(H,17,19)/t11-,12-/m1/s1. The summed E-state index contributed by atoms with van der Waals surface area (Å²) in [5.74, 6) is -0.0807. The van der Waals surface area contributed by atoms with Gasteiger partial charge >= 0.3 is 0 Å². The quantitative estimate of drug-likeness (QED) is 0.876. The molecule has 102 valence electrons. The predicted octanol–water partition coefficient (Wildman–Crippen LogP) is 2.44. The maximum atomic E-state index is 13.8. The number of piperidine rings is 1. The molecule has 0 spiro atoms. The van der Waals surface area contributed by atoms with E-state index in [1.54, 1.807) is 6.07 Å². The zero-order valence-corrected chi connectivity index (χ0v) is 12.1. The minimum Gasteiger partial charge on any atom is -0.355 e. The van der Waals surface area contributed by atoms with Crippen LogP contribution in [0, 0.1) is 5.82 Å². The van der Waals surface area contributed by atoms with Crippen LogP contribution < -0.4 is 10.6 Å². The molecule has 1 aromatic carbocycles. The maximum Gasteiger partial charge on any atom is 0.237 e. The van der Waals surface area contributed by atoms with Gasteiger partial charge in [-0.25, -0.2) is 4.39 Å². The van der Waals surface area contributed by atoms with E-state index in [0.717, 1.165) is 47.8 Å². The van der Waals surface area contributed by atoms with Crippen LogP contribution in [0.3, 0.4) is 0 Å². The molecule has 2 N–H and O–H groups in total. The molecule has 0 bridgehead atoms. The van der Waals surface area contributed by atoms with Crippen molar-refractivity contribution >= 4 is 21.8 Å². The van der Waals surface area contributed by atoms with Gasteiger partial charge in [0.05, 0.1) is 6.04 Å². The number of fused-ring (bicyclic) bond motifs is 1. The van der Waals surface area contributed by atoms with Crippen LogP contribution in [0.2, 0.25) is 0 Å². The highest BCUT2D eigenvalue weighted by atomic mass is 79.9. The summed E-state index contributed by atoms with van der Waals surface area (Å²) in [7, 11) is 0. The third-order valence-corrected chi connectivity index (χ3v) is 4.66. The van der Waals surface area contributed by atoms with E-state index in [1.807, 2.05) is 0 Å². The lowest BCUT2D eigenvalue weighted by Gasteiger charge is -2.26. The van der Waals surface area contributed by atoms with E-state index in [0.29, 0.717) is 0 Å². The van der Waals surface area contributed by atoms with E-state index >= 15 is 0 Å². The summed E-state index contributed by atoms with van der Waals surface area (Å²) in [5, 5.41) is 6.25. The van der Waals surface area contributed by atoms with Gasteiger partial charge in [0.25, 0.3) is 0 Å². The maximum absolute atomic E-state index is 13.8. The van der Waals surface area contributed by atoms with Gasteiger partial charge in [0, 0.05) is 17.1 Å². The Labute approximate surface area is 120 Å². The van der Waals surface area contributed by atoms with Gasteiger partial charge in [-0.15, -0.1) is 0 Å². The molecule has 0 radical (unpaired) electrons. The number of hydrogen-bond acceptors (Lipinski definition) is 2. The van der Waals surface area contributed by atoms with Crippen molar-refractivity contribution in [3.05, 3.63) is 33.5 Å². The van der Waals surface area contributed by atoms with E-state index in [-0.39, 0.29) is 23.8 Å². The first-order valence-corrected chi connectivity index (χ1v) is 7.46. The molecule has 0 unspecified atom stereocenters. The number of carbonyl (C=O) groups is 1. The second-order valence-corrected chi connectivity index (χ2v) is 6.02. The van der Waals surface area contributed by atoms with Gasteiger partial charge in [-0.05, 0) is 48.9 Å². The van der Waals surface area contributed by atoms with Gasteiger partial charge in [0.15, 0.2) is 0 Å². The van der Waals surface area contributed by atoms with Crippen molar-refractivity contribution in [1.82, 2.24) is 10.6 Å². The average Bonchev–Trinajstić information content (AvgIpc) is 2.82. The molecule has 1 saturated heterocycles. The van der Waals surface area contributed by atoms with Crippen molar-refractivity contribution in [2.75, 3.05) is 6.54 Å². The summed E-state index contributed by atoms with van der Waals surface area (Å²) in [4.78, 5) is 11.8. The van der Waals surface area contributed by atoms with Crippen LogP contribution in [-0.4, -0.2) is 18.5 Å². The van der Waals surface area contributed by atoms with E-state index in [2.05, 4.69) is 26.6 Å². The van der Waals surface area contributed by atoms with Crippen LogP contribution in [0.5, 0.6) is 0 Å². The number of hydrogen-bond donors (Lipinski definition) is 2. The van der Waals surface area contributed by atoms with E-state index in [9.17, 15) is 9.18 Å². The van der Waals surface area contributed by atoms with Crippen LogP contribution in [0.1, 0.15) is 36.4 Å². The molecule has 0 saturated carbocycles. The Hall–Kier alpha value is -0.940. The van der Waals surface area contributed by atoms with E-state index < -0.39 is 0 Å². The molecule has 1 aliphatic heterocycles. The Morgan fingerprint density at radius 2 is 2.16 bits per heavy atom. The topological polar surface area (TPSA) is 41.1 Å². The second-order valence-electron chi connectivity index (χ2n) is 5.17. The highest BCUT2D eigenvalue weighted by Gasteiger charge is 2.31. The summed E-state index contributed by atoms with van der Waals surface area (Å²) in [6.07, 6.45) is 3.42. The first-order valence-electron chi connectivity index (χ1n) is 6.67. The smallest absolute Gasteiger partial charge is 0.237 e. The largest absolute Gasteiger partial charge is 0.355 e. The summed E-state index contributed by atoms with van der Waals surface area (Å²) < 4.78 is 14.7. The fourth-order valence-electron chi connectivity index (χ4n) is 3.01. The van der Waals surface area contributed by atoms with Crippen molar-refractivity contribution in [2.24, 2.45) is 0 Å². The fourth-order valence-corrected chi connectivity index (χ4v) is 3.66. The van der Waals surface area contributed by atoms with Crippen LogP contribution in [0.4, 0.5) is 4.39 Å². The van der Waals surface area contributed by atoms with Gasteiger partial charge in [0.2, 0.25) is 5.91 Å². The molecule has 1 heterocycles. The predicted molar refractivity (Wildman–Crippen MR) is 74.3 cm³/mol. The summed E-state index contributed by atoms with van der Waals surface area (Å²) in [6.45, 7) is 0.761. The van der Waals surface area contributed by atoms with Crippen molar-refractivity contribution in [3.63, 3.8) is 0 Å². The first kappa shape index (κ1) is 13.1. The van der Waals surface area contributed by atoms with Gasteiger partial charge in [-0.2, -0.15) is 0 Å². The molecule has 0 aromatic heterocycles. The van der Waals surface area contributed by atoms with Crippen LogP contribution in [0.15, 0.2) is 16.6 Å². The fraction of sp³-hybridized carbons (Fsp3) is 0.500. The van der Waals surface area contributed by atoms with Gasteiger partial charge in [0.1, 0.15) is 5.82 Å². The molecule has 3 nitrogen and oxygen atoms in total. The Morgan fingerprint density at radius 3 is 2.95 bits per heavy atom. The number of halogens is 2. The lowest BCUT2D eigenvalue weighted by atomic mass is 10.0. The molecule has 1 amide bonds. The molecule has 1 aliphatic carbocycles. The highest BCUT2D eigenvalue weighted by Crippen LogP contribution is 2.38. The molecule has 1 aromatic rings. The molecule has 2 atom stereocenters. The molecule has 3 rings (SSSR count). The summed E-state index contributed by atoms with van der Waals surface area (Å²) in [5.41, 5.74) is 1.77. The lowest BCUT2D eigenvalue weighted by molar-refractivity contribution is -0.124. The Balaban J connectivity index is 1.82. The number of rotatable bonds is 2. The minimum absolute atomic E-state index is 0.0622. The van der Waals surface area contributed by atoms with Gasteiger partial charge in [-0.3, -0.25) is 10.1 Å². The Bertz CT molecular complexity index is 520. The summed E-state index contributed by atoms with van der Waals surface area (Å²) in [6, 6.07) is 3.15. The number of benzene rings is 1. The number of nitrogens with one attached hydrogen (secondary N) is 2. The SMILES string of the molecule is O=C1NCCC[C@H]1N[C@@H]1CCc2c(F)ccc(Br)c21. The highest BCUT2D eigenvalue weighted by molar-refractivity contribution is 9.10. The van der Waals surface area contributed by atoms with Crippen LogP contribution in [-0.2, 0) is 11.2 Å². The van der Waals surface area contributed by atoms with Crippen LogP contribution >= 0.6 is 15.9 Å². The number of amides is 1. The van der Waals surface area contributed by atoms with Crippen molar-refractivity contribution < 1.29 is 9.18 Å². The third-order valence-electron chi connectivity index (χ3n) is 3.97. The van der Waals surface area contributed by atoms with Gasteiger partial charge < -0.3 is 5.32 Å². The zero-order valence-electron chi connectivity index (χ0n) is 10.5. The Kier molecular flexibility index (Phi) is 3.58. The molecule has 1 fully saturated rings.